The summed E-state index contributed by atoms with van der Waals surface area (Å²) in [5.74, 6) is 1.05. The minimum absolute atomic E-state index is 0.265. The summed E-state index contributed by atoms with van der Waals surface area (Å²) in [4.78, 5) is 8.03. The van der Waals surface area contributed by atoms with Crippen molar-refractivity contribution >= 4 is 35.3 Å². The minimum Gasteiger partial charge on any atom is -0.338 e. The molecular weight excluding hydrogens is 298 g/mol. The van der Waals surface area contributed by atoms with Crippen molar-refractivity contribution in [1.82, 2.24) is 10.1 Å². The quantitative estimate of drug-likeness (QED) is 0.849. The van der Waals surface area contributed by atoms with E-state index in [1.54, 1.807) is 35.3 Å². The number of benzene rings is 1. The lowest BCUT2D eigenvalue weighted by Crippen LogP contribution is -1.95. The molecule has 2 aromatic rings. The van der Waals surface area contributed by atoms with Gasteiger partial charge in [-0.2, -0.15) is 4.98 Å². The summed E-state index contributed by atoms with van der Waals surface area (Å²) in [7, 11) is 0. The van der Waals surface area contributed by atoms with E-state index >= 15 is 0 Å². The lowest BCUT2D eigenvalue weighted by Gasteiger charge is -2.11. The van der Waals surface area contributed by atoms with Crippen molar-refractivity contribution in [2.45, 2.75) is 21.2 Å². The molecule has 0 spiro atoms. The van der Waals surface area contributed by atoms with Crippen LogP contribution in [0.15, 0.2) is 31.3 Å². The Kier molecular flexibility index (Phi) is 5.20. The van der Waals surface area contributed by atoms with Gasteiger partial charge in [-0.15, -0.1) is 35.3 Å². The van der Waals surface area contributed by atoms with Crippen molar-refractivity contribution in [2.24, 2.45) is 5.73 Å². The standard InChI is InChI=1S/C12H15N3OS3/c1-17-8-4-7(5-9(18-2)11(8)19-3)12-14-10(6-13)16-15-12/h4-5H,6,13H2,1-3H3. The zero-order chi connectivity index (χ0) is 13.8. The lowest BCUT2D eigenvalue weighted by molar-refractivity contribution is 0.380. The maximum atomic E-state index is 5.49. The first kappa shape index (κ1) is 14.8. The van der Waals surface area contributed by atoms with Gasteiger partial charge in [0.25, 0.3) is 0 Å². The van der Waals surface area contributed by atoms with Crippen LogP contribution in [0, 0.1) is 0 Å². The molecule has 1 heterocycles. The van der Waals surface area contributed by atoms with E-state index in [-0.39, 0.29) is 6.54 Å². The molecule has 0 unspecified atom stereocenters. The number of hydrogen-bond donors (Lipinski definition) is 1. The highest BCUT2D eigenvalue weighted by Gasteiger charge is 2.14. The van der Waals surface area contributed by atoms with Gasteiger partial charge in [-0.05, 0) is 30.9 Å². The first-order valence-electron chi connectivity index (χ1n) is 5.56. The predicted octanol–water partition coefficient (Wildman–Crippen LogP) is 3.36. The first-order valence-corrected chi connectivity index (χ1v) is 9.24. The van der Waals surface area contributed by atoms with Gasteiger partial charge in [0.15, 0.2) is 0 Å². The predicted molar refractivity (Wildman–Crippen MR) is 83.0 cm³/mol. The third-order valence-corrected chi connectivity index (χ3v) is 5.20. The molecule has 0 aliphatic rings. The van der Waals surface area contributed by atoms with E-state index < -0.39 is 0 Å². The summed E-state index contributed by atoms with van der Waals surface area (Å²) < 4.78 is 5.07. The van der Waals surface area contributed by atoms with E-state index in [1.165, 1.54) is 14.7 Å². The molecule has 0 aliphatic carbocycles. The fraction of sp³-hybridized carbons (Fsp3) is 0.333. The van der Waals surface area contributed by atoms with Gasteiger partial charge < -0.3 is 10.3 Å². The second kappa shape index (κ2) is 6.69. The Bertz CT molecular complexity index is 546. The first-order chi connectivity index (χ1) is 9.23. The molecule has 0 saturated heterocycles. The van der Waals surface area contributed by atoms with Crippen LogP contribution in [0.2, 0.25) is 0 Å². The van der Waals surface area contributed by atoms with E-state index in [0.29, 0.717) is 11.7 Å². The molecule has 7 heteroatoms. The van der Waals surface area contributed by atoms with Gasteiger partial charge in [-0.1, -0.05) is 5.16 Å². The molecule has 19 heavy (non-hydrogen) atoms. The van der Waals surface area contributed by atoms with Crippen LogP contribution in [0.1, 0.15) is 5.89 Å². The van der Waals surface area contributed by atoms with Crippen LogP contribution >= 0.6 is 35.3 Å². The maximum Gasteiger partial charge on any atom is 0.240 e. The van der Waals surface area contributed by atoms with E-state index in [4.69, 9.17) is 10.3 Å². The molecule has 0 bridgehead atoms. The van der Waals surface area contributed by atoms with Crippen LogP contribution in [-0.2, 0) is 6.54 Å². The second-order valence-electron chi connectivity index (χ2n) is 3.63. The average molecular weight is 313 g/mol. The van der Waals surface area contributed by atoms with Gasteiger partial charge in [0.05, 0.1) is 6.54 Å². The van der Waals surface area contributed by atoms with Crippen molar-refractivity contribution in [3.05, 3.63) is 18.0 Å². The third kappa shape index (κ3) is 3.10. The molecule has 0 aliphatic heterocycles. The van der Waals surface area contributed by atoms with Crippen molar-refractivity contribution in [2.75, 3.05) is 18.8 Å². The largest absolute Gasteiger partial charge is 0.338 e. The summed E-state index contributed by atoms with van der Waals surface area (Å²) in [6, 6.07) is 4.20. The van der Waals surface area contributed by atoms with Gasteiger partial charge in [-0.3, -0.25) is 0 Å². The average Bonchev–Trinajstić information content (AvgIpc) is 2.94. The van der Waals surface area contributed by atoms with E-state index in [0.717, 1.165) is 5.56 Å². The smallest absolute Gasteiger partial charge is 0.240 e. The van der Waals surface area contributed by atoms with Crippen LogP contribution in [0.5, 0.6) is 0 Å². The molecular formula is C12H15N3OS3. The number of hydrogen-bond acceptors (Lipinski definition) is 7. The zero-order valence-corrected chi connectivity index (χ0v) is 13.4. The minimum atomic E-state index is 0.265. The number of thioether (sulfide) groups is 3. The van der Waals surface area contributed by atoms with E-state index in [9.17, 15) is 0 Å². The van der Waals surface area contributed by atoms with Gasteiger partial charge in [0, 0.05) is 20.2 Å². The number of rotatable bonds is 5. The van der Waals surface area contributed by atoms with Crippen molar-refractivity contribution < 1.29 is 4.52 Å². The lowest BCUT2D eigenvalue weighted by atomic mass is 10.2. The van der Waals surface area contributed by atoms with Crippen molar-refractivity contribution in [3.63, 3.8) is 0 Å². The van der Waals surface area contributed by atoms with Crippen molar-refractivity contribution in [1.29, 1.82) is 0 Å². The molecule has 0 amide bonds. The van der Waals surface area contributed by atoms with Gasteiger partial charge >= 0.3 is 0 Å². The Morgan fingerprint density at radius 1 is 1.11 bits per heavy atom. The summed E-state index contributed by atoms with van der Waals surface area (Å²) in [6.07, 6.45) is 6.24. The molecule has 4 nitrogen and oxygen atoms in total. The summed E-state index contributed by atoms with van der Waals surface area (Å²) in [6.45, 7) is 0.265. The van der Waals surface area contributed by atoms with E-state index in [2.05, 4.69) is 41.0 Å². The third-order valence-electron chi connectivity index (χ3n) is 2.57. The Morgan fingerprint density at radius 2 is 1.74 bits per heavy atom. The Morgan fingerprint density at radius 3 is 2.16 bits per heavy atom. The number of nitrogens with two attached hydrogens (primary N) is 1. The van der Waals surface area contributed by atoms with Gasteiger partial charge in [-0.25, -0.2) is 0 Å². The summed E-state index contributed by atoms with van der Waals surface area (Å²) in [5, 5.41) is 3.97. The van der Waals surface area contributed by atoms with Crippen LogP contribution in [0.25, 0.3) is 11.4 Å². The fourth-order valence-corrected chi connectivity index (χ4v) is 4.33. The monoisotopic (exact) mass is 313 g/mol. The molecule has 0 fully saturated rings. The Labute approximate surface area is 125 Å². The SMILES string of the molecule is CSc1cc(-c2noc(CN)n2)cc(SC)c1SC. The molecule has 1 aromatic heterocycles. The topological polar surface area (TPSA) is 64.9 Å². The highest BCUT2D eigenvalue weighted by Crippen LogP contribution is 2.39. The molecule has 2 N–H and O–H groups in total. The highest BCUT2D eigenvalue weighted by molar-refractivity contribution is 8.03. The summed E-state index contributed by atoms with van der Waals surface area (Å²) >= 11 is 5.21. The van der Waals surface area contributed by atoms with Crippen molar-refractivity contribution in [3.8, 4) is 11.4 Å². The number of aromatic nitrogens is 2. The second-order valence-corrected chi connectivity index (χ2v) is 6.14. The zero-order valence-electron chi connectivity index (χ0n) is 11.0. The van der Waals surface area contributed by atoms with Crippen LogP contribution in [-0.4, -0.2) is 28.9 Å². The van der Waals surface area contributed by atoms with E-state index in [1.807, 2.05) is 0 Å². The fourth-order valence-electron chi connectivity index (χ4n) is 1.67. The van der Waals surface area contributed by atoms with Crippen LogP contribution in [0.4, 0.5) is 0 Å². The van der Waals surface area contributed by atoms with Crippen LogP contribution < -0.4 is 5.73 Å². The van der Waals surface area contributed by atoms with Crippen LogP contribution in [0.3, 0.4) is 0 Å². The molecule has 0 saturated carbocycles. The number of nitrogens with zero attached hydrogens (tertiary/aromatic N) is 2. The van der Waals surface area contributed by atoms with Gasteiger partial charge in [0.2, 0.25) is 11.7 Å². The molecule has 102 valence electrons. The van der Waals surface area contributed by atoms with Gasteiger partial charge in [0.1, 0.15) is 0 Å². The molecule has 0 radical (unpaired) electrons. The highest BCUT2D eigenvalue weighted by atomic mass is 32.2. The Hall–Kier alpha value is -0.630. The molecule has 1 aromatic carbocycles. The summed E-state index contributed by atoms with van der Waals surface area (Å²) in [5.41, 5.74) is 6.46. The normalized spacial score (nSPS) is 10.9. The maximum absolute atomic E-state index is 5.49. The Balaban J connectivity index is 2.51. The molecule has 0 atom stereocenters. The molecule has 2 rings (SSSR count).